The van der Waals surface area contributed by atoms with Crippen LogP contribution in [0.4, 0.5) is 5.69 Å². The van der Waals surface area contributed by atoms with Gasteiger partial charge in [-0.25, -0.2) is 0 Å². The van der Waals surface area contributed by atoms with Crippen LogP contribution in [0.5, 0.6) is 5.75 Å². The van der Waals surface area contributed by atoms with Crippen LogP contribution in [0.25, 0.3) is 0 Å². The largest absolute Gasteiger partial charge is 0.495 e. The number of carbonyl (C=O) groups excluding carboxylic acids is 1. The number of benzene rings is 1. The maximum Gasteiger partial charge on any atom is 0.244 e. The number of anilines is 1. The molecule has 0 aromatic heterocycles. The highest BCUT2D eigenvalue weighted by Crippen LogP contribution is 2.32. The van der Waals surface area contributed by atoms with E-state index in [1.807, 2.05) is 24.8 Å². The summed E-state index contributed by atoms with van der Waals surface area (Å²) in [6, 6.07) is 3.45. The lowest BCUT2D eigenvalue weighted by Crippen LogP contribution is -2.50. The lowest BCUT2D eigenvalue weighted by Gasteiger charge is -2.30. The number of halogens is 1. The maximum absolute atomic E-state index is 12.5. The Kier molecular flexibility index (Phi) is 5.91. The fourth-order valence-corrected chi connectivity index (χ4v) is 2.89. The van der Waals surface area contributed by atoms with Gasteiger partial charge in [0.2, 0.25) is 5.91 Å². The first-order chi connectivity index (χ1) is 10.6. The Morgan fingerprint density at radius 1 is 1.45 bits per heavy atom. The van der Waals surface area contributed by atoms with Crippen LogP contribution in [-0.2, 0) is 11.2 Å². The zero-order valence-corrected chi connectivity index (χ0v) is 14.2. The number of amides is 1. The molecule has 2 rings (SSSR count). The molecule has 22 heavy (non-hydrogen) atoms. The van der Waals surface area contributed by atoms with Gasteiger partial charge in [0.1, 0.15) is 11.8 Å². The van der Waals surface area contributed by atoms with E-state index in [0.29, 0.717) is 10.8 Å². The SMILES string of the molecule is CCc1cc(NC(C)C(=O)N2CCNCC2)c(OC)cc1Cl. The number of hydrogen-bond donors (Lipinski definition) is 2. The average molecular weight is 326 g/mol. The molecule has 1 aliphatic rings. The normalized spacial score (nSPS) is 16.3. The fraction of sp³-hybridized carbons (Fsp3) is 0.562. The van der Waals surface area contributed by atoms with Crippen LogP contribution >= 0.6 is 11.6 Å². The minimum Gasteiger partial charge on any atom is -0.495 e. The van der Waals surface area contributed by atoms with Gasteiger partial charge in [0.25, 0.3) is 0 Å². The molecule has 1 unspecified atom stereocenters. The molecule has 0 bridgehead atoms. The molecular formula is C16H24ClN3O2. The van der Waals surface area contributed by atoms with Gasteiger partial charge >= 0.3 is 0 Å². The van der Waals surface area contributed by atoms with Crippen molar-refractivity contribution in [1.29, 1.82) is 0 Å². The van der Waals surface area contributed by atoms with E-state index in [4.69, 9.17) is 16.3 Å². The second-order valence-corrected chi connectivity index (χ2v) is 5.85. The van der Waals surface area contributed by atoms with Crippen molar-refractivity contribution in [3.05, 3.63) is 22.7 Å². The van der Waals surface area contributed by atoms with Crippen LogP contribution in [0.3, 0.4) is 0 Å². The highest BCUT2D eigenvalue weighted by Gasteiger charge is 2.23. The van der Waals surface area contributed by atoms with Gasteiger partial charge in [0.05, 0.1) is 12.8 Å². The lowest BCUT2D eigenvalue weighted by molar-refractivity contribution is -0.132. The Labute approximate surface area is 137 Å². The number of nitrogens with one attached hydrogen (secondary N) is 2. The number of rotatable bonds is 5. The molecule has 6 heteroatoms. The van der Waals surface area contributed by atoms with Gasteiger partial charge in [-0.15, -0.1) is 0 Å². The molecule has 1 atom stereocenters. The molecule has 1 aliphatic heterocycles. The Bertz CT molecular complexity index is 530. The summed E-state index contributed by atoms with van der Waals surface area (Å²) in [5.41, 5.74) is 1.84. The molecule has 0 saturated carbocycles. The molecule has 1 heterocycles. The third-order valence-corrected chi connectivity index (χ3v) is 4.27. The molecule has 1 aromatic rings. The van der Waals surface area contributed by atoms with Crippen LogP contribution in [0.1, 0.15) is 19.4 Å². The number of piperazine rings is 1. The number of nitrogens with zero attached hydrogens (tertiary/aromatic N) is 1. The Balaban J connectivity index is 2.12. The first-order valence-electron chi connectivity index (χ1n) is 7.69. The van der Waals surface area contributed by atoms with Gasteiger partial charge in [-0.2, -0.15) is 0 Å². The van der Waals surface area contributed by atoms with Crippen LogP contribution in [0.15, 0.2) is 12.1 Å². The Morgan fingerprint density at radius 3 is 2.73 bits per heavy atom. The summed E-state index contributed by atoms with van der Waals surface area (Å²) < 4.78 is 5.37. The zero-order valence-electron chi connectivity index (χ0n) is 13.4. The minimum absolute atomic E-state index is 0.108. The fourth-order valence-electron chi connectivity index (χ4n) is 2.61. The topological polar surface area (TPSA) is 53.6 Å². The number of aryl methyl sites for hydroxylation is 1. The van der Waals surface area contributed by atoms with Crippen molar-refractivity contribution < 1.29 is 9.53 Å². The third-order valence-electron chi connectivity index (χ3n) is 3.92. The molecule has 2 N–H and O–H groups in total. The molecule has 1 saturated heterocycles. The molecular weight excluding hydrogens is 302 g/mol. The summed E-state index contributed by atoms with van der Waals surface area (Å²) in [7, 11) is 1.60. The van der Waals surface area contributed by atoms with Gasteiger partial charge < -0.3 is 20.3 Å². The van der Waals surface area contributed by atoms with E-state index in [0.717, 1.165) is 43.9 Å². The van der Waals surface area contributed by atoms with Crippen molar-refractivity contribution in [2.45, 2.75) is 26.3 Å². The predicted molar refractivity (Wildman–Crippen MR) is 89.9 cm³/mol. The van der Waals surface area contributed by atoms with Crippen molar-refractivity contribution in [3.8, 4) is 5.75 Å². The van der Waals surface area contributed by atoms with Crippen molar-refractivity contribution >= 4 is 23.2 Å². The number of methoxy groups -OCH3 is 1. The minimum atomic E-state index is -0.308. The van der Waals surface area contributed by atoms with E-state index in [9.17, 15) is 4.79 Å². The maximum atomic E-state index is 12.5. The molecule has 1 aromatic carbocycles. The van der Waals surface area contributed by atoms with Crippen molar-refractivity contribution in [2.75, 3.05) is 38.6 Å². The first-order valence-corrected chi connectivity index (χ1v) is 8.07. The second kappa shape index (κ2) is 7.70. The van der Waals surface area contributed by atoms with E-state index < -0.39 is 0 Å². The molecule has 1 fully saturated rings. The van der Waals surface area contributed by atoms with E-state index in [2.05, 4.69) is 10.6 Å². The summed E-state index contributed by atoms with van der Waals surface area (Å²) in [6.07, 6.45) is 0.831. The summed E-state index contributed by atoms with van der Waals surface area (Å²) in [6.45, 7) is 7.13. The average Bonchev–Trinajstić information content (AvgIpc) is 2.55. The highest BCUT2D eigenvalue weighted by molar-refractivity contribution is 6.31. The molecule has 1 amide bonds. The third kappa shape index (κ3) is 3.84. The quantitative estimate of drug-likeness (QED) is 0.871. The monoisotopic (exact) mass is 325 g/mol. The van der Waals surface area contributed by atoms with Crippen molar-refractivity contribution in [3.63, 3.8) is 0 Å². The van der Waals surface area contributed by atoms with E-state index in [1.54, 1.807) is 13.2 Å². The summed E-state index contributed by atoms with van der Waals surface area (Å²) in [5, 5.41) is 7.20. The predicted octanol–water partition coefficient (Wildman–Crippen LogP) is 2.14. The smallest absolute Gasteiger partial charge is 0.244 e. The van der Waals surface area contributed by atoms with Gasteiger partial charge in [-0.3, -0.25) is 4.79 Å². The van der Waals surface area contributed by atoms with E-state index in [1.165, 1.54) is 0 Å². The Morgan fingerprint density at radius 2 is 2.14 bits per heavy atom. The first kappa shape index (κ1) is 16.9. The van der Waals surface area contributed by atoms with E-state index >= 15 is 0 Å². The number of ether oxygens (including phenoxy) is 1. The standard InChI is InChI=1S/C16H24ClN3O2/c1-4-12-9-14(15(22-3)10-13(12)17)19-11(2)16(21)20-7-5-18-6-8-20/h9-11,18-19H,4-8H2,1-3H3. The van der Waals surface area contributed by atoms with Gasteiger partial charge in [-0.1, -0.05) is 18.5 Å². The highest BCUT2D eigenvalue weighted by atomic mass is 35.5. The van der Waals surface area contributed by atoms with Crippen LogP contribution in [-0.4, -0.2) is 50.1 Å². The summed E-state index contributed by atoms with van der Waals surface area (Å²) in [5.74, 6) is 0.763. The van der Waals surface area contributed by atoms with Crippen molar-refractivity contribution in [1.82, 2.24) is 10.2 Å². The molecule has 0 radical (unpaired) electrons. The van der Waals surface area contributed by atoms with Gasteiger partial charge in [0, 0.05) is 37.3 Å². The summed E-state index contributed by atoms with van der Waals surface area (Å²) in [4.78, 5) is 14.4. The van der Waals surface area contributed by atoms with E-state index in [-0.39, 0.29) is 11.9 Å². The molecule has 122 valence electrons. The van der Waals surface area contributed by atoms with Crippen LogP contribution in [0.2, 0.25) is 5.02 Å². The lowest BCUT2D eigenvalue weighted by atomic mass is 10.1. The van der Waals surface area contributed by atoms with Crippen molar-refractivity contribution in [2.24, 2.45) is 0 Å². The van der Waals surface area contributed by atoms with Gasteiger partial charge in [-0.05, 0) is 25.0 Å². The van der Waals surface area contributed by atoms with Crippen LogP contribution < -0.4 is 15.4 Å². The molecule has 0 spiro atoms. The molecule has 0 aliphatic carbocycles. The van der Waals surface area contributed by atoms with Gasteiger partial charge in [0.15, 0.2) is 0 Å². The summed E-state index contributed by atoms with van der Waals surface area (Å²) >= 11 is 6.21. The molecule has 5 nitrogen and oxygen atoms in total. The Hall–Kier alpha value is -1.46. The second-order valence-electron chi connectivity index (χ2n) is 5.44. The number of hydrogen-bond acceptors (Lipinski definition) is 4. The van der Waals surface area contributed by atoms with Crippen LogP contribution in [0, 0.1) is 0 Å². The number of carbonyl (C=O) groups is 1. The zero-order chi connectivity index (χ0) is 16.1.